The predicted octanol–water partition coefficient (Wildman–Crippen LogP) is 3.09. The maximum Gasteiger partial charge on any atom is 0.263 e. The van der Waals surface area contributed by atoms with Gasteiger partial charge in [0.1, 0.15) is 10.6 Å². The van der Waals surface area contributed by atoms with Crippen molar-refractivity contribution in [1.29, 1.82) is 0 Å². The second-order valence-electron chi connectivity index (χ2n) is 3.70. The van der Waals surface area contributed by atoms with Crippen molar-refractivity contribution < 1.29 is 17.9 Å². The van der Waals surface area contributed by atoms with Crippen molar-refractivity contribution in [2.24, 2.45) is 0 Å². The van der Waals surface area contributed by atoms with Gasteiger partial charge in [0.15, 0.2) is 5.82 Å². The van der Waals surface area contributed by atoms with Crippen molar-refractivity contribution in [2.45, 2.75) is 4.90 Å². The Bertz CT molecular complexity index is 719. The number of phenolic OH excluding ortho intramolecular Hbond substituents is 1. The molecule has 2 rings (SSSR count). The Labute approximate surface area is 118 Å². The molecular weight excluding hydrogens is 337 g/mol. The number of phenols is 1. The first-order valence-corrected chi connectivity index (χ1v) is 7.43. The molecule has 0 heterocycles. The summed E-state index contributed by atoms with van der Waals surface area (Å²) < 4.78 is 40.2. The van der Waals surface area contributed by atoms with Gasteiger partial charge in [-0.05, 0) is 40.2 Å². The molecule has 0 aliphatic carbocycles. The van der Waals surface area contributed by atoms with E-state index >= 15 is 0 Å². The van der Waals surface area contributed by atoms with Gasteiger partial charge < -0.3 is 5.11 Å². The number of hydrogen-bond donors (Lipinski definition) is 2. The minimum absolute atomic E-state index is 0.00229. The van der Waals surface area contributed by atoms with E-state index < -0.39 is 15.8 Å². The molecule has 0 radical (unpaired) electrons. The summed E-state index contributed by atoms with van der Waals surface area (Å²) in [5.41, 5.74) is -0.228. The van der Waals surface area contributed by atoms with Crippen LogP contribution in [0.3, 0.4) is 0 Å². The smallest absolute Gasteiger partial charge is 0.263 e. The van der Waals surface area contributed by atoms with Crippen LogP contribution in [0.4, 0.5) is 10.1 Å². The average molecular weight is 346 g/mol. The molecule has 0 amide bonds. The fraction of sp³-hybridized carbons (Fsp3) is 0. The van der Waals surface area contributed by atoms with Gasteiger partial charge in [0.05, 0.1) is 5.69 Å². The molecule has 0 saturated carbocycles. The van der Waals surface area contributed by atoms with Crippen LogP contribution >= 0.6 is 15.9 Å². The van der Waals surface area contributed by atoms with Crippen LogP contribution in [0.15, 0.2) is 51.8 Å². The summed E-state index contributed by atoms with van der Waals surface area (Å²) in [4.78, 5) is 0.00229. The topological polar surface area (TPSA) is 66.4 Å². The zero-order chi connectivity index (χ0) is 14.0. The van der Waals surface area contributed by atoms with E-state index in [1.54, 1.807) is 18.2 Å². The summed E-state index contributed by atoms with van der Waals surface area (Å²) in [5.74, 6) is -1.13. The molecule has 2 aromatic carbocycles. The van der Waals surface area contributed by atoms with Gasteiger partial charge >= 0.3 is 0 Å². The maximum absolute atomic E-state index is 13.5. The van der Waals surface area contributed by atoms with Crippen molar-refractivity contribution in [3.8, 4) is 5.75 Å². The number of anilines is 1. The third-order valence-electron chi connectivity index (χ3n) is 2.32. The molecule has 2 aromatic rings. The molecule has 0 aliphatic heterocycles. The first-order chi connectivity index (χ1) is 8.90. The summed E-state index contributed by atoms with van der Waals surface area (Å²) in [7, 11) is -3.90. The van der Waals surface area contributed by atoms with Crippen LogP contribution in [-0.4, -0.2) is 13.5 Å². The predicted molar refractivity (Wildman–Crippen MR) is 73.0 cm³/mol. The van der Waals surface area contributed by atoms with Gasteiger partial charge in [-0.3, -0.25) is 4.72 Å². The maximum atomic E-state index is 13.5. The number of benzene rings is 2. The van der Waals surface area contributed by atoms with Crippen molar-refractivity contribution in [2.75, 3.05) is 4.72 Å². The van der Waals surface area contributed by atoms with Gasteiger partial charge in [-0.1, -0.05) is 12.1 Å². The van der Waals surface area contributed by atoms with E-state index in [2.05, 4.69) is 20.7 Å². The van der Waals surface area contributed by atoms with Crippen LogP contribution in [0.5, 0.6) is 5.75 Å². The van der Waals surface area contributed by atoms with Crippen molar-refractivity contribution >= 4 is 31.6 Å². The molecule has 0 atom stereocenters. The lowest BCUT2D eigenvalue weighted by Gasteiger charge is -2.10. The Morgan fingerprint density at radius 1 is 1.16 bits per heavy atom. The number of nitrogens with one attached hydrogen (secondary N) is 1. The molecule has 2 N–H and O–H groups in total. The zero-order valence-corrected chi connectivity index (χ0v) is 11.9. The highest BCUT2D eigenvalue weighted by molar-refractivity contribution is 9.10. The Hall–Kier alpha value is -1.60. The summed E-state index contributed by atoms with van der Waals surface area (Å²) in [6, 6.07) is 9.38. The van der Waals surface area contributed by atoms with E-state index in [1.165, 1.54) is 12.1 Å². The normalized spacial score (nSPS) is 11.3. The quantitative estimate of drug-likeness (QED) is 0.840. The Morgan fingerprint density at radius 3 is 2.47 bits per heavy atom. The van der Waals surface area contributed by atoms with E-state index in [9.17, 15) is 12.8 Å². The zero-order valence-electron chi connectivity index (χ0n) is 9.47. The van der Waals surface area contributed by atoms with Gasteiger partial charge in [-0.15, -0.1) is 0 Å². The molecule has 19 heavy (non-hydrogen) atoms. The van der Waals surface area contributed by atoms with Crippen LogP contribution in [0.25, 0.3) is 0 Å². The van der Waals surface area contributed by atoms with Crippen LogP contribution in [0, 0.1) is 5.82 Å². The second kappa shape index (κ2) is 5.18. The highest BCUT2D eigenvalue weighted by atomic mass is 79.9. The minimum atomic E-state index is -3.90. The van der Waals surface area contributed by atoms with Gasteiger partial charge in [0, 0.05) is 10.5 Å². The lowest BCUT2D eigenvalue weighted by molar-refractivity contribution is 0.469. The van der Waals surface area contributed by atoms with Crippen molar-refractivity contribution in [3.63, 3.8) is 0 Å². The van der Waals surface area contributed by atoms with Crippen LogP contribution in [0.2, 0.25) is 0 Å². The molecule has 4 nitrogen and oxygen atoms in total. The summed E-state index contributed by atoms with van der Waals surface area (Å²) in [6.45, 7) is 0. The SMILES string of the molecule is O=S(=O)(Nc1ccc(O)cc1F)c1ccccc1Br. The summed E-state index contributed by atoms with van der Waals surface area (Å²) >= 11 is 3.12. The highest BCUT2D eigenvalue weighted by Crippen LogP contribution is 2.26. The molecule has 0 aromatic heterocycles. The third kappa shape index (κ3) is 3.05. The van der Waals surface area contributed by atoms with Crippen LogP contribution < -0.4 is 4.72 Å². The van der Waals surface area contributed by atoms with Gasteiger partial charge in [-0.25, -0.2) is 12.8 Å². The van der Waals surface area contributed by atoms with Gasteiger partial charge in [0.25, 0.3) is 10.0 Å². The molecule has 0 unspecified atom stereocenters. The third-order valence-corrected chi connectivity index (χ3v) is 4.70. The summed E-state index contributed by atoms with van der Waals surface area (Å²) in [5, 5.41) is 9.07. The molecular formula is C12H9BrFNO3S. The first-order valence-electron chi connectivity index (χ1n) is 5.16. The Morgan fingerprint density at radius 2 is 1.84 bits per heavy atom. The number of halogens is 2. The van der Waals surface area contributed by atoms with Crippen LogP contribution in [0.1, 0.15) is 0 Å². The molecule has 0 saturated heterocycles. The van der Waals surface area contributed by atoms with E-state index in [1.807, 2.05) is 0 Å². The molecule has 100 valence electrons. The van der Waals surface area contributed by atoms with Gasteiger partial charge in [-0.2, -0.15) is 0 Å². The van der Waals surface area contributed by atoms with Crippen LogP contribution in [-0.2, 0) is 10.0 Å². The highest BCUT2D eigenvalue weighted by Gasteiger charge is 2.18. The Balaban J connectivity index is 2.40. The average Bonchev–Trinajstić information content (AvgIpc) is 2.33. The molecule has 0 fully saturated rings. The Kier molecular flexibility index (Phi) is 3.77. The monoisotopic (exact) mass is 345 g/mol. The standard InChI is InChI=1S/C12H9BrFNO3S/c13-9-3-1-2-4-12(9)19(17,18)15-11-6-5-8(16)7-10(11)14/h1-7,15-16H. The van der Waals surface area contributed by atoms with E-state index in [4.69, 9.17) is 5.11 Å². The number of sulfonamides is 1. The largest absolute Gasteiger partial charge is 0.508 e. The molecule has 0 aliphatic rings. The fourth-order valence-corrected chi connectivity index (χ4v) is 3.52. The second-order valence-corrected chi connectivity index (χ2v) is 6.21. The number of aromatic hydroxyl groups is 1. The number of rotatable bonds is 3. The van der Waals surface area contributed by atoms with E-state index in [-0.39, 0.29) is 16.3 Å². The first kappa shape index (κ1) is 13.8. The van der Waals surface area contributed by atoms with Gasteiger partial charge in [0.2, 0.25) is 0 Å². The lowest BCUT2D eigenvalue weighted by atomic mass is 10.3. The van der Waals surface area contributed by atoms with E-state index in [0.29, 0.717) is 4.47 Å². The molecule has 0 spiro atoms. The fourth-order valence-electron chi connectivity index (χ4n) is 1.45. The van der Waals surface area contributed by atoms with Crippen molar-refractivity contribution in [3.05, 3.63) is 52.8 Å². The molecule has 7 heteroatoms. The van der Waals surface area contributed by atoms with Crippen molar-refractivity contribution in [1.82, 2.24) is 0 Å². The number of hydrogen-bond acceptors (Lipinski definition) is 3. The van der Waals surface area contributed by atoms with E-state index in [0.717, 1.165) is 12.1 Å². The summed E-state index contributed by atoms with van der Waals surface area (Å²) in [6.07, 6.45) is 0. The minimum Gasteiger partial charge on any atom is -0.508 e. The molecule has 0 bridgehead atoms. The lowest BCUT2D eigenvalue weighted by Crippen LogP contribution is -2.14.